The van der Waals surface area contributed by atoms with Gasteiger partial charge in [-0.1, -0.05) is 13.8 Å². The molecule has 2 atom stereocenters. The Kier molecular flexibility index (Phi) is 4.92. The number of nitrogens with two attached hydrogens (primary N) is 1. The zero-order valence-electron chi connectivity index (χ0n) is 10.5. The maximum Gasteiger partial charge on any atom is 0.0914 e. The summed E-state index contributed by atoms with van der Waals surface area (Å²) in [6.07, 6.45) is 1.94. The highest BCUT2D eigenvalue weighted by atomic mass is 16.5. The maximum absolute atomic E-state index is 5.73. The standard InChI is InChI=1S/C11H22N4O/c1-5-16-11(8(2)3)10(13-12)9-6-7-15(4)14-9/h6-8,10-11,13H,5,12H2,1-4H3. The van der Waals surface area contributed by atoms with Gasteiger partial charge in [0.1, 0.15) is 0 Å². The van der Waals surface area contributed by atoms with Crippen LogP contribution in [0.25, 0.3) is 0 Å². The molecule has 1 rings (SSSR count). The van der Waals surface area contributed by atoms with Crippen molar-refractivity contribution in [2.45, 2.75) is 32.9 Å². The van der Waals surface area contributed by atoms with E-state index in [2.05, 4.69) is 24.4 Å². The molecule has 0 fully saturated rings. The van der Waals surface area contributed by atoms with Crippen molar-refractivity contribution in [3.05, 3.63) is 18.0 Å². The number of ether oxygens (including phenoxy) is 1. The molecule has 1 heterocycles. The van der Waals surface area contributed by atoms with Gasteiger partial charge < -0.3 is 4.74 Å². The summed E-state index contributed by atoms with van der Waals surface area (Å²) in [6.45, 7) is 6.90. The summed E-state index contributed by atoms with van der Waals surface area (Å²) < 4.78 is 7.50. The number of hydrogen-bond acceptors (Lipinski definition) is 4. The van der Waals surface area contributed by atoms with Crippen molar-refractivity contribution < 1.29 is 4.74 Å². The Bertz CT molecular complexity index is 311. The van der Waals surface area contributed by atoms with Crippen LogP contribution in [0.4, 0.5) is 0 Å². The second-order valence-electron chi connectivity index (χ2n) is 4.22. The van der Waals surface area contributed by atoms with Gasteiger partial charge in [-0.05, 0) is 18.9 Å². The van der Waals surface area contributed by atoms with E-state index in [0.29, 0.717) is 12.5 Å². The lowest BCUT2D eigenvalue weighted by Crippen LogP contribution is -2.41. The number of aromatic nitrogens is 2. The molecular weight excluding hydrogens is 204 g/mol. The van der Waals surface area contributed by atoms with E-state index in [1.165, 1.54) is 0 Å². The van der Waals surface area contributed by atoms with Gasteiger partial charge in [-0.25, -0.2) is 5.43 Å². The summed E-state index contributed by atoms with van der Waals surface area (Å²) in [5.41, 5.74) is 3.71. The lowest BCUT2D eigenvalue weighted by atomic mass is 9.97. The van der Waals surface area contributed by atoms with Crippen LogP contribution in [0, 0.1) is 5.92 Å². The first-order chi connectivity index (χ1) is 7.60. The van der Waals surface area contributed by atoms with Crippen molar-refractivity contribution in [1.29, 1.82) is 0 Å². The molecular formula is C11H22N4O. The molecule has 92 valence electrons. The van der Waals surface area contributed by atoms with Gasteiger partial charge in [-0.2, -0.15) is 5.10 Å². The molecule has 5 nitrogen and oxygen atoms in total. The molecule has 0 aliphatic rings. The summed E-state index contributed by atoms with van der Waals surface area (Å²) in [5.74, 6) is 5.98. The molecule has 0 aromatic carbocycles. The zero-order chi connectivity index (χ0) is 12.1. The van der Waals surface area contributed by atoms with Crippen molar-refractivity contribution in [2.75, 3.05) is 6.61 Å². The first-order valence-electron chi connectivity index (χ1n) is 5.67. The van der Waals surface area contributed by atoms with Gasteiger partial charge in [-0.15, -0.1) is 0 Å². The highest BCUT2D eigenvalue weighted by Gasteiger charge is 2.27. The minimum Gasteiger partial charge on any atom is -0.376 e. The largest absolute Gasteiger partial charge is 0.376 e. The molecule has 0 radical (unpaired) electrons. The van der Waals surface area contributed by atoms with Gasteiger partial charge in [0.05, 0.1) is 17.8 Å². The Labute approximate surface area is 96.9 Å². The molecule has 0 saturated carbocycles. The van der Waals surface area contributed by atoms with E-state index in [4.69, 9.17) is 10.6 Å². The van der Waals surface area contributed by atoms with Crippen LogP contribution in [-0.4, -0.2) is 22.5 Å². The van der Waals surface area contributed by atoms with Gasteiger partial charge in [0.25, 0.3) is 0 Å². The topological polar surface area (TPSA) is 65.1 Å². The molecule has 0 saturated heterocycles. The van der Waals surface area contributed by atoms with Crippen molar-refractivity contribution in [1.82, 2.24) is 15.2 Å². The molecule has 0 aliphatic heterocycles. The average molecular weight is 226 g/mol. The van der Waals surface area contributed by atoms with E-state index in [1.807, 2.05) is 26.2 Å². The minimum absolute atomic E-state index is 0.0323. The van der Waals surface area contributed by atoms with E-state index in [9.17, 15) is 0 Å². The average Bonchev–Trinajstić information content (AvgIpc) is 2.64. The lowest BCUT2D eigenvalue weighted by Gasteiger charge is -2.28. The number of rotatable bonds is 6. The highest BCUT2D eigenvalue weighted by molar-refractivity contribution is 5.07. The van der Waals surface area contributed by atoms with Crippen molar-refractivity contribution in [3.63, 3.8) is 0 Å². The second kappa shape index (κ2) is 5.98. The molecule has 0 bridgehead atoms. The predicted molar refractivity (Wildman–Crippen MR) is 63.5 cm³/mol. The van der Waals surface area contributed by atoms with E-state index in [-0.39, 0.29) is 12.1 Å². The van der Waals surface area contributed by atoms with E-state index in [1.54, 1.807) is 4.68 Å². The number of hydrazine groups is 1. The molecule has 16 heavy (non-hydrogen) atoms. The third-order valence-corrected chi connectivity index (χ3v) is 2.58. The van der Waals surface area contributed by atoms with Crippen LogP contribution >= 0.6 is 0 Å². The van der Waals surface area contributed by atoms with E-state index in [0.717, 1.165) is 5.69 Å². The smallest absolute Gasteiger partial charge is 0.0914 e. The van der Waals surface area contributed by atoms with Crippen molar-refractivity contribution in [3.8, 4) is 0 Å². The normalized spacial score (nSPS) is 15.4. The monoisotopic (exact) mass is 226 g/mol. The fraction of sp³-hybridized carbons (Fsp3) is 0.727. The van der Waals surface area contributed by atoms with Gasteiger partial charge in [-0.3, -0.25) is 10.5 Å². The fourth-order valence-corrected chi connectivity index (χ4v) is 1.81. The first-order valence-corrected chi connectivity index (χ1v) is 5.67. The Morgan fingerprint density at radius 2 is 2.25 bits per heavy atom. The summed E-state index contributed by atoms with van der Waals surface area (Å²) in [7, 11) is 1.89. The number of hydrogen-bond donors (Lipinski definition) is 2. The second-order valence-corrected chi connectivity index (χ2v) is 4.22. The molecule has 0 aliphatic carbocycles. The van der Waals surface area contributed by atoms with Gasteiger partial charge in [0.15, 0.2) is 0 Å². The molecule has 2 unspecified atom stereocenters. The van der Waals surface area contributed by atoms with Gasteiger partial charge in [0.2, 0.25) is 0 Å². The van der Waals surface area contributed by atoms with E-state index < -0.39 is 0 Å². The summed E-state index contributed by atoms with van der Waals surface area (Å²) >= 11 is 0. The molecule has 5 heteroatoms. The predicted octanol–water partition coefficient (Wildman–Crippen LogP) is 0.986. The van der Waals surface area contributed by atoms with Crippen LogP contribution in [0.3, 0.4) is 0 Å². The minimum atomic E-state index is -0.0684. The molecule has 0 amide bonds. The lowest BCUT2D eigenvalue weighted by molar-refractivity contribution is 0.00166. The molecule has 1 aromatic heterocycles. The van der Waals surface area contributed by atoms with Crippen molar-refractivity contribution in [2.24, 2.45) is 18.8 Å². The van der Waals surface area contributed by atoms with Crippen LogP contribution in [0.2, 0.25) is 0 Å². The van der Waals surface area contributed by atoms with Gasteiger partial charge in [0, 0.05) is 19.9 Å². The van der Waals surface area contributed by atoms with E-state index >= 15 is 0 Å². The first kappa shape index (κ1) is 13.2. The van der Waals surface area contributed by atoms with Crippen molar-refractivity contribution >= 4 is 0 Å². The summed E-state index contributed by atoms with van der Waals surface area (Å²) in [4.78, 5) is 0. The van der Waals surface area contributed by atoms with Gasteiger partial charge >= 0.3 is 0 Å². The zero-order valence-corrected chi connectivity index (χ0v) is 10.5. The molecule has 0 spiro atoms. The Hall–Kier alpha value is -0.910. The van der Waals surface area contributed by atoms with Crippen LogP contribution < -0.4 is 11.3 Å². The molecule has 3 N–H and O–H groups in total. The number of nitrogens with zero attached hydrogens (tertiary/aromatic N) is 2. The third kappa shape index (κ3) is 3.04. The fourth-order valence-electron chi connectivity index (χ4n) is 1.81. The Morgan fingerprint density at radius 3 is 2.62 bits per heavy atom. The molecule has 1 aromatic rings. The Balaban J connectivity index is 2.85. The third-order valence-electron chi connectivity index (χ3n) is 2.58. The van der Waals surface area contributed by atoms with Crippen LogP contribution in [0.15, 0.2) is 12.3 Å². The Morgan fingerprint density at radius 1 is 1.56 bits per heavy atom. The highest BCUT2D eigenvalue weighted by Crippen LogP contribution is 2.22. The summed E-state index contributed by atoms with van der Waals surface area (Å²) in [6, 6.07) is 1.89. The van der Waals surface area contributed by atoms with Crippen LogP contribution in [0.5, 0.6) is 0 Å². The number of aryl methyl sites for hydroxylation is 1. The van der Waals surface area contributed by atoms with Crippen LogP contribution in [0.1, 0.15) is 32.5 Å². The van der Waals surface area contributed by atoms with Crippen LogP contribution in [-0.2, 0) is 11.8 Å². The SMILES string of the molecule is CCOC(C(C)C)C(NN)c1ccn(C)n1. The quantitative estimate of drug-likeness (QED) is 0.561. The maximum atomic E-state index is 5.73. The number of nitrogens with one attached hydrogen (secondary N) is 1. The summed E-state index contributed by atoms with van der Waals surface area (Å²) in [5, 5.41) is 4.36.